The van der Waals surface area contributed by atoms with Gasteiger partial charge in [-0.2, -0.15) is 0 Å². The average Bonchev–Trinajstić information content (AvgIpc) is 2.63. The number of likely N-dealkylation sites (tertiary alicyclic amines) is 1. The second-order valence-electron chi connectivity index (χ2n) is 6.95. The Hall–Kier alpha value is -0.120. The van der Waals surface area contributed by atoms with Crippen molar-refractivity contribution in [1.82, 2.24) is 15.1 Å². The summed E-state index contributed by atoms with van der Waals surface area (Å²) >= 11 is 0. The fourth-order valence-electron chi connectivity index (χ4n) is 3.07. The molecule has 108 valence electrons. The highest BCUT2D eigenvalue weighted by Crippen LogP contribution is 2.19. The second kappa shape index (κ2) is 7.46. The predicted octanol–water partition coefficient (Wildman–Crippen LogP) is 1.90. The summed E-state index contributed by atoms with van der Waals surface area (Å²) in [6, 6.07) is 0. The van der Waals surface area contributed by atoms with Crippen molar-refractivity contribution in [2.75, 3.05) is 53.4 Å². The Bertz CT molecular complexity index is 228. The van der Waals surface area contributed by atoms with Crippen LogP contribution in [-0.2, 0) is 0 Å². The SMILES string of the molecule is CCCNCC(C)(C)CN(C)CC1CCN(C)C1. The zero-order valence-electron chi connectivity index (χ0n) is 13.1. The van der Waals surface area contributed by atoms with Crippen LogP contribution in [0.15, 0.2) is 0 Å². The zero-order chi connectivity index (χ0) is 13.6. The zero-order valence-corrected chi connectivity index (χ0v) is 13.1. The molecule has 0 saturated carbocycles. The lowest BCUT2D eigenvalue weighted by Crippen LogP contribution is -2.41. The van der Waals surface area contributed by atoms with Crippen molar-refractivity contribution in [3.05, 3.63) is 0 Å². The lowest BCUT2D eigenvalue weighted by Gasteiger charge is -2.32. The van der Waals surface area contributed by atoms with E-state index in [0.717, 1.165) is 19.0 Å². The molecule has 18 heavy (non-hydrogen) atoms. The fraction of sp³-hybridized carbons (Fsp3) is 1.00. The maximum absolute atomic E-state index is 3.55. The van der Waals surface area contributed by atoms with E-state index in [4.69, 9.17) is 0 Å². The summed E-state index contributed by atoms with van der Waals surface area (Å²) < 4.78 is 0. The Labute approximate surface area is 114 Å². The molecule has 1 N–H and O–H groups in total. The summed E-state index contributed by atoms with van der Waals surface area (Å²) in [6.45, 7) is 14.2. The highest BCUT2D eigenvalue weighted by Gasteiger charge is 2.24. The van der Waals surface area contributed by atoms with Crippen molar-refractivity contribution < 1.29 is 0 Å². The van der Waals surface area contributed by atoms with Gasteiger partial charge in [0.1, 0.15) is 0 Å². The maximum atomic E-state index is 3.55. The van der Waals surface area contributed by atoms with E-state index in [1.54, 1.807) is 0 Å². The topological polar surface area (TPSA) is 18.5 Å². The van der Waals surface area contributed by atoms with Gasteiger partial charge in [-0.3, -0.25) is 0 Å². The van der Waals surface area contributed by atoms with Crippen LogP contribution in [0.25, 0.3) is 0 Å². The van der Waals surface area contributed by atoms with Gasteiger partial charge in [-0.05, 0) is 51.4 Å². The molecule has 1 heterocycles. The van der Waals surface area contributed by atoms with Crippen LogP contribution in [0.1, 0.15) is 33.6 Å². The third-order valence-electron chi connectivity index (χ3n) is 3.79. The standard InChI is InChI=1S/C15H33N3/c1-6-8-16-12-15(2,3)13-18(5)11-14-7-9-17(4)10-14/h14,16H,6-13H2,1-5H3. The van der Waals surface area contributed by atoms with Gasteiger partial charge in [0.05, 0.1) is 0 Å². The fourth-order valence-corrected chi connectivity index (χ4v) is 3.07. The number of nitrogens with one attached hydrogen (secondary N) is 1. The predicted molar refractivity (Wildman–Crippen MR) is 80.0 cm³/mol. The minimum absolute atomic E-state index is 0.369. The van der Waals surface area contributed by atoms with Gasteiger partial charge in [0.25, 0.3) is 0 Å². The molecule has 3 nitrogen and oxygen atoms in total. The number of nitrogens with zero attached hydrogens (tertiary/aromatic N) is 2. The molecule has 0 spiro atoms. The van der Waals surface area contributed by atoms with Crippen LogP contribution < -0.4 is 5.32 Å². The van der Waals surface area contributed by atoms with E-state index in [1.165, 1.54) is 39.0 Å². The summed E-state index contributed by atoms with van der Waals surface area (Å²) in [4.78, 5) is 4.98. The van der Waals surface area contributed by atoms with E-state index < -0.39 is 0 Å². The first-order valence-electron chi connectivity index (χ1n) is 7.51. The average molecular weight is 255 g/mol. The van der Waals surface area contributed by atoms with E-state index in [-0.39, 0.29) is 0 Å². The first kappa shape index (κ1) is 15.9. The first-order valence-corrected chi connectivity index (χ1v) is 7.51. The van der Waals surface area contributed by atoms with Crippen LogP contribution in [0.5, 0.6) is 0 Å². The summed E-state index contributed by atoms with van der Waals surface area (Å²) in [5.74, 6) is 0.874. The van der Waals surface area contributed by atoms with Crippen LogP contribution in [0.2, 0.25) is 0 Å². The summed E-state index contributed by atoms with van der Waals surface area (Å²) in [6.07, 6.45) is 2.59. The summed E-state index contributed by atoms with van der Waals surface area (Å²) in [7, 11) is 4.51. The molecule has 0 aromatic heterocycles. The molecule has 1 unspecified atom stereocenters. The molecule has 0 amide bonds. The van der Waals surface area contributed by atoms with Crippen LogP contribution in [0.4, 0.5) is 0 Å². The monoisotopic (exact) mass is 255 g/mol. The Morgan fingerprint density at radius 2 is 2.11 bits per heavy atom. The minimum Gasteiger partial charge on any atom is -0.316 e. The molecule has 0 bridgehead atoms. The molecule has 1 rings (SSSR count). The van der Waals surface area contributed by atoms with Crippen molar-refractivity contribution >= 4 is 0 Å². The molecule has 0 aliphatic carbocycles. The van der Waals surface area contributed by atoms with Crippen molar-refractivity contribution in [2.45, 2.75) is 33.6 Å². The molecular weight excluding hydrogens is 222 g/mol. The Kier molecular flexibility index (Phi) is 6.61. The summed E-state index contributed by atoms with van der Waals surface area (Å²) in [5, 5.41) is 3.55. The molecule has 1 fully saturated rings. The molecule has 1 aliphatic rings. The van der Waals surface area contributed by atoms with E-state index in [2.05, 4.69) is 50.0 Å². The first-order chi connectivity index (χ1) is 8.43. The van der Waals surface area contributed by atoms with Gasteiger partial charge in [0.2, 0.25) is 0 Å². The van der Waals surface area contributed by atoms with Crippen LogP contribution in [0, 0.1) is 11.3 Å². The van der Waals surface area contributed by atoms with Gasteiger partial charge in [-0.1, -0.05) is 20.8 Å². The highest BCUT2D eigenvalue weighted by atomic mass is 15.2. The van der Waals surface area contributed by atoms with Crippen LogP contribution in [0.3, 0.4) is 0 Å². The van der Waals surface area contributed by atoms with Crippen molar-refractivity contribution in [3.63, 3.8) is 0 Å². The van der Waals surface area contributed by atoms with Crippen LogP contribution >= 0.6 is 0 Å². The van der Waals surface area contributed by atoms with Gasteiger partial charge in [0.15, 0.2) is 0 Å². The van der Waals surface area contributed by atoms with Gasteiger partial charge in [-0.25, -0.2) is 0 Å². The Balaban J connectivity index is 2.23. The molecule has 1 atom stereocenters. The quantitative estimate of drug-likeness (QED) is 0.668. The molecule has 0 aromatic carbocycles. The Morgan fingerprint density at radius 3 is 2.67 bits per heavy atom. The van der Waals surface area contributed by atoms with E-state index >= 15 is 0 Å². The molecular formula is C15H33N3. The van der Waals surface area contributed by atoms with Crippen molar-refractivity contribution in [1.29, 1.82) is 0 Å². The third kappa shape index (κ3) is 6.17. The lowest BCUT2D eigenvalue weighted by molar-refractivity contribution is 0.183. The van der Waals surface area contributed by atoms with E-state index in [9.17, 15) is 0 Å². The van der Waals surface area contributed by atoms with Crippen molar-refractivity contribution in [3.8, 4) is 0 Å². The maximum Gasteiger partial charge on any atom is 0.00419 e. The van der Waals surface area contributed by atoms with Crippen LogP contribution in [-0.4, -0.2) is 63.2 Å². The third-order valence-corrected chi connectivity index (χ3v) is 3.79. The second-order valence-corrected chi connectivity index (χ2v) is 6.95. The number of hydrogen-bond donors (Lipinski definition) is 1. The number of hydrogen-bond acceptors (Lipinski definition) is 3. The molecule has 0 radical (unpaired) electrons. The lowest BCUT2D eigenvalue weighted by atomic mass is 9.92. The number of rotatable bonds is 8. The molecule has 1 aliphatic heterocycles. The largest absolute Gasteiger partial charge is 0.316 e. The van der Waals surface area contributed by atoms with Gasteiger partial charge < -0.3 is 15.1 Å². The molecule has 1 saturated heterocycles. The molecule has 0 aromatic rings. The highest BCUT2D eigenvalue weighted by molar-refractivity contribution is 4.79. The smallest absolute Gasteiger partial charge is 0.00419 e. The Morgan fingerprint density at radius 1 is 1.39 bits per heavy atom. The summed E-state index contributed by atoms with van der Waals surface area (Å²) in [5.41, 5.74) is 0.369. The van der Waals surface area contributed by atoms with Gasteiger partial charge >= 0.3 is 0 Å². The van der Waals surface area contributed by atoms with Gasteiger partial charge in [-0.15, -0.1) is 0 Å². The van der Waals surface area contributed by atoms with E-state index in [0.29, 0.717) is 5.41 Å². The van der Waals surface area contributed by atoms with Crippen molar-refractivity contribution in [2.24, 2.45) is 11.3 Å². The molecule has 3 heteroatoms. The normalized spacial score (nSPS) is 22.0. The minimum atomic E-state index is 0.369. The van der Waals surface area contributed by atoms with Gasteiger partial charge in [0, 0.05) is 26.2 Å². The van der Waals surface area contributed by atoms with E-state index in [1.807, 2.05) is 0 Å².